The Bertz CT molecular complexity index is 316. The van der Waals surface area contributed by atoms with E-state index in [2.05, 4.69) is 10.4 Å². The molecule has 0 unspecified atom stereocenters. The van der Waals surface area contributed by atoms with E-state index in [9.17, 15) is 4.79 Å². The fourth-order valence-electron chi connectivity index (χ4n) is 1.06. The van der Waals surface area contributed by atoms with Gasteiger partial charge in [-0.15, -0.1) is 0 Å². The van der Waals surface area contributed by atoms with E-state index in [1.165, 1.54) is 6.07 Å². The molecule has 0 aliphatic rings. The normalized spacial score (nSPS) is 9.64. The second-order valence-electron chi connectivity index (χ2n) is 2.70. The van der Waals surface area contributed by atoms with E-state index in [1.807, 2.05) is 12.3 Å². The van der Waals surface area contributed by atoms with Crippen molar-refractivity contribution >= 4 is 11.7 Å². The quantitative estimate of drug-likeness (QED) is 0.296. The van der Waals surface area contributed by atoms with Gasteiger partial charge < -0.3 is 5.43 Å². The average molecular weight is 195 g/mol. The van der Waals surface area contributed by atoms with Gasteiger partial charge in [0.25, 0.3) is 5.91 Å². The Hall–Kier alpha value is -1.66. The number of carbonyl (C=O) groups is 1. The summed E-state index contributed by atoms with van der Waals surface area (Å²) >= 11 is 0. The molecule has 0 spiro atoms. The number of hydrogen-bond donors (Lipinski definition) is 4. The van der Waals surface area contributed by atoms with Crippen LogP contribution in [0.4, 0.5) is 5.82 Å². The average Bonchev–Trinajstić information content (AvgIpc) is 2.27. The Balaban J connectivity index is 3.10. The van der Waals surface area contributed by atoms with Crippen LogP contribution in [0.15, 0.2) is 12.1 Å². The number of nitrogens with zero attached hydrogens (tertiary/aromatic N) is 1. The lowest BCUT2D eigenvalue weighted by Crippen LogP contribution is -2.30. The number of rotatable bonds is 3. The van der Waals surface area contributed by atoms with Crippen molar-refractivity contribution in [2.75, 3.05) is 5.43 Å². The number of carbonyl (C=O) groups excluding carboxylic acids is 1. The number of nitrogens with two attached hydrogens (primary N) is 2. The molecular formula is C8H13N5O. The van der Waals surface area contributed by atoms with Crippen LogP contribution in [0.2, 0.25) is 0 Å². The van der Waals surface area contributed by atoms with Crippen molar-refractivity contribution in [1.29, 1.82) is 0 Å². The second-order valence-corrected chi connectivity index (χ2v) is 2.70. The van der Waals surface area contributed by atoms with Crippen molar-refractivity contribution in [2.24, 2.45) is 11.7 Å². The van der Waals surface area contributed by atoms with Gasteiger partial charge in [0.15, 0.2) is 0 Å². The SMILES string of the molecule is CCc1cc(C(=O)NN)cc(NN)n1. The maximum absolute atomic E-state index is 11.2. The molecule has 0 bridgehead atoms. The molecule has 6 N–H and O–H groups in total. The Morgan fingerprint density at radius 2 is 2.21 bits per heavy atom. The Morgan fingerprint density at radius 3 is 2.71 bits per heavy atom. The van der Waals surface area contributed by atoms with Crippen molar-refractivity contribution in [1.82, 2.24) is 10.4 Å². The molecule has 1 aromatic heterocycles. The summed E-state index contributed by atoms with van der Waals surface area (Å²) in [6.45, 7) is 1.94. The molecule has 0 saturated carbocycles. The lowest BCUT2D eigenvalue weighted by Gasteiger charge is -2.05. The molecule has 0 aliphatic carbocycles. The number of nitrogens with one attached hydrogen (secondary N) is 2. The number of amides is 1. The standard InChI is InChI=1S/C8H13N5O/c1-2-6-3-5(8(14)13-10)4-7(11-6)12-9/h3-4H,2,9-10H2,1H3,(H,11,12)(H,13,14). The van der Waals surface area contributed by atoms with Gasteiger partial charge in [-0.1, -0.05) is 6.92 Å². The van der Waals surface area contributed by atoms with Crippen molar-refractivity contribution in [3.05, 3.63) is 23.4 Å². The Labute approximate surface area is 81.6 Å². The summed E-state index contributed by atoms with van der Waals surface area (Å²) < 4.78 is 0. The lowest BCUT2D eigenvalue weighted by molar-refractivity contribution is 0.0953. The Morgan fingerprint density at radius 1 is 1.50 bits per heavy atom. The van der Waals surface area contributed by atoms with Crippen LogP contribution < -0.4 is 22.5 Å². The van der Waals surface area contributed by atoms with E-state index < -0.39 is 0 Å². The maximum atomic E-state index is 11.2. The third-order valence-corrected chi connectivity index (χ3v) is 1.78. The van der Waals surface area contributed by atoms with Crippen molar-refractivity contribution in [3.63, 3.8) is 0 Å². The van der Waals surface area contributed by atoms with Gasteiger partial charge in [0, 0.05) is 11.3 Å². The number of hydrogen-bond acceptors (Lipinski definition) is 5. The summed E-state index contributed by atoms with van der Waals surface area (Å²) in [6, 6.07) is 3.20. The van der Waals surface area contributed by atoms with Gasteiger partial charge in [-0.25, -0.2) is 16.7 Å². The van der Waals surface area contributed by atoms with Gasteiger partial charge in [0.2, 0.25) is 0 Å². The summed E-state index contributed by atoms with van der Waals surface area (Å²) in [5, 5.41) is 0. The number of nitrogen functional groups attached to an aromatic ring is 2. The van der Waals surface area contributed by atoms with E-state index in [0.29, 0.717) is 11.4 Å². The molecule has 0 fully saturated rings. The molecule has 0 saturated heterocycles. The van der Waals surface area contributed by atoms with Gasteiger partial charge in [-0.2, -0.15) is 0 Å². The van der Waals surface area contributed by atoms with Crippen LogP contribution in [0, 0.1) is 0 Å². The smallest absolute Gasteiger partial charge is 0.265 e. The van der Waals surface area contributed by atoms with E-state index in [0.717, 1.165) is 12.1 Å². The molecule has 76 valence electrons. The number of aryl methyl sites for hydroxylation is 1. The molecule has 0 aliphatic heterocycles. The largest absolute Gasteiger partial charge is 0.308 e. The fraction of sp³-hybridized carbons (Fsp3) is 0.250. The van der Waals surface area contributed by atoms with Crippen molar-refractivity contribution in [3.8, 4) is 0 Å². The zero-order chi connectivity index (χ0) is 10.6. The van der Waals surface area contributed by atoms with Crippen LogP contribution in [-0.2, 0) is 6.42 Å². The molecule has 6 heteroatoms. The molecule has 14 heavy (non-hydrogen) atoms. The molecule has 6 nitrogen and oxygen atoms in total. The highest BCUT2D eigenvalue weighted by Gasteiger charge is 2.07. The first-order valence-electron chi connectivity index (χ1n) is 4.19. The highest BCUT2D eigenvalue weighted by atomic mass is 16.2. The highest BCUT2D eigenvalue weighted by Crippen LogP contribution is 2.09. The summed E-state index contributed by atoms with van der Waals surface area (Å²) in [5.74, 6) is 10.3. The van der Waals surface area contributed by atoms with Crippen LogP contribution in [0.1, 0.15) is 23.0 Å². The molecule has 1 amide bonds. The van der Waals surface area contributed by atoms with E-state index in [4.69, 9.17) is 11.7 Å². The zero-order valence-electron chi connectivity index (χ0n) is 7.87. The Kier molecular flexibility index (Phi) is 3.38. The summed E-state index contributed by atoms with van der Waals surface area (Å²) in [4.78, 5) is 15.3. The number of aromatic nitrogens is 1. The third-order valence-electron chi connectivity index (χ3n) is 1.78. The first-order valence-corrected chi connectivity index (χ1v) is 4.19. The van der Waals surface area contributed by atoms with Crippen LogP contribution >= 0.6 is 0 Å². The first-order chi connectivity index (χ1) is 6.71. The molecule has 1 heterocycles. The van der Waals surface area contributed by atoms with E-state index in [1.54, 1.807) is 6.07 Å². The van der Waals surface area contributed by atoms with Gasteiger partial charge in [-0.3, -0.25) is 10.2 Å². The molecule has 0 radical (unpaired) electrons. The third kappa shape index (κ3) is 2.18. The minimum atomic E-state index is -0.362. The number of hydrazine groups is 2. The van der Waals surface area contributed by atoms with Gasteiger partial charge in [0.1, 0.15) is 5.82 Å². The maximum Gasteiger partial charge on any atom is 0.265 e. The first kappa shape index (κ1) is 10.4. The monoisotopic (exact) mass is 195 g/mol. The van der Waals surface area contributed by atoms with E-state index >= 15 is 0 Å². The van der Waals surface area contributed by atoms with E-state index in [-0.39, 0.29) is 5.91 Å². The molecule has 1 aromatic rings. The predicted molar refractivity (Wildman–Crippen MR) is 53.1 cm³/mol. The molecular weight excluding hydrogens is 182 g/mol. The second kappa shape index (κ2) is 4.54. The van der Waals surface area contributed by atoms with Gasteiger partial charge in [0.05, 0.1) is 0 Å². The predicted octanol–water partition coefficient (Wildman–Crippen LogP) is -0.467. The summed E-state index contributed by atoms with van der Waals surface area (Å²) in [7, 11) is 0. The minimum absolute atomic E-state index is 0.362. The van der Waals surface area contributed by atoms with Crippen LogP contribution in [0.3, 0.4) is 0 Å². The van der Waals surface area contributed by atoms with Crippen LogP contribution in [0.5, 0.6) is 0 Å². The van der Waals surface area contributed by atoms with Gasteiger partial charge >= 0.3 is 0 Å². The van der Waals surface area contributed by atoms with Crippen molar-refractivity contribution in [2.45, 2.75) is 13.3 Å². The van der Waals surface area contributed by atoms with Crippen molar-refractivity contribution < 1.29 is 4.79 Å². The lowest BCUT2D eigenvalue weighted by atomic mass is 10.2. The fourth-order valence-corrected chi connectivity index (χ4v) is 1.06. The minimum Gasteiger partial charge on any atom is -0.308 e. The summed E-state index contributed by atoms with van der Waals surface area (Å²) in [5.41, 5.74) is 5.65. The zero-order valence-corrected chi connectivity index (χ0v) is 7.87. The molecule has 0 aromatic carbocycles. The highest BCUT2D eigenvalue weighted by molar-refractivity contribution is 5.94. The van der Waals surface area contributed by atoms with Crippen LogP contribution in [0.25, 0.3) is 0 Å². The molecule has 0 atom stereocenters. The summed E-state index contributed by atoms with van der Waals surface area (Å²) in [6.07, 6.45) is 0.723. The van der Waals surface area contributed by atoms with Crippen LogP contribution in [-0.4, -0.2) is 10.9 Å². The van der Waals surface area contributed by atoms with Gasteiger partial charge in [-0.05, 0) is 18.6 Å². The number of pyridine rings is 1. The number of anilines is 1. The topological polar surface area (TPSA) is 106 Å². The molecule has 1 rings (SSSR count).